The van der Waals surface area contributed by atoms with Gasteiger partial charge in [-0.2, -0.15) is 0 Å². The zero-order chi connectivity index (χ0) is 16.7. The average Bonchev–Trinajstić information content (AvgIpc) is 2.60. The topological polar surface area (TPSA) is 49.9 Å². The van der Waals surface area contributed by atoms with E-state index in [0.29, 0.717) is 13.1 Å². The summed E-state index contributed by atoms with van der Waals surface area (Å²) in [5.41, 5.74) is 0.950. The summed E-state index contributed by atoms with van der Waals surface area (Å²) < 4.78 is 5.31. The van der Waals surface area contributed by atoms with Crippen molar-refractivity contribution in [3.63, 3.8) is 0 Å². The van der Waals surface area contributed by atoms with Gasteiger partial charge in [-0.05, 0) is 24.8 Å². The van der Waals surface area contributed by atoms with Crippen LogP contribution in [0, 0.1) is 0 Å². The van der Waals surface area contributed by atoms with Crippen LogP contribution in [0.1, 0.15) is 24.8 Å². The summed E-state index contributed by atoms with van der Waals surface area (Å²) in [6.07, 6.45) is 2.56. The molecule has 1 aliphatic rings. The minimum atomic E-state index is -0.377. The fraction of sp³-hybridized carbons (Fsp3) is 0.529. The third kappa shape index (κ3) is 5.13. The quantitative estimate of drug-likeness (QED) is 0.776. The molecule has 0 aromatic heterocycles. The molecular weight excluding hydrogens is 316 g/mol. The second-order valence-electron chi connectivity index (χ2n) is 5.79. The van der Waals surface area contributed by atoms with Crippen LogP contribution in [-0.2, 0) is 16.1 Å². The number of carbonyl (C=O) groups excluding carboxylic acids is 2. The number of amides is 2. The highest BCUT2D eigenvalue weighted by molar-refractivity contribution is 6.27. The van der Waals surface area contributed by atoms with Crippen molar-refractivity contribution in [1.82, 2.24) is 9.80 Å². The molecule has 0 N–H and O–H groups in total. The Balaban J connectivity index is 1.85. The van der Waals surface area contributed by atoms with Crippen LogP contribution in [0.25, 0.3) is 0 Å². The zero-order valence-corrected chi connectivity index (χ0v) is 14.2. The molecule has 1 heterocycles. The van der Waals surface area contributed by atoms with E-state index in [9.17, 15) is 9.59 Å². The largest absolute Gasteiger partial charge is 0.445 e. The minimum absolute atomic E-state index is 0.0152. The Hall–Kier alpha value is -1.75. The van der Waals surface area contributed by atoms with Crippen LogP contribution in [0.2, 0.25) is 0 Å². The number of carbonyl (C=O) groups is 2. The zero-order valence-electron chi connectivity index (χ0n) is 13.4. The van der Waals surface area contributed by atoms with Crippen LogP contribution in [0.5, 0.6) is 0 Å². The van der Waals surface area contributed by atoms with E-state index in [-0.39, 0.29) is 30.5 Å². The first-order valence-corrected chi connectivity index (χ1v) is 8.42. The van der Waals surface area contributed by atoms with Gasteiger partial charge in [0.15, 0.2) is 0 Å². The van der Waals surface area contributed by atoms with Crippen LogP contribution in [0.4, 0.5) is 4.79 Å². The molecule has 0 bridgehead atoms. The summed E-state index contributed by atoms with van der Waals surface area (Å²) in [5, 5.41) is 0. The maximum atomic E-state index is 12.1. The van der Waals surface area contributed by atoms with Crippen molar-refractivity contribution in [2.24, 2.45) is 0 Å². The molecule has 1 aromatic rings. The van der Waals surface area contributed by atoms with Gasteiger partial charge in [-0.3, -0.25) is 4.79 Å². The molecule has 0 unspecified atom stereocenters. The molecule has 0 radical (unpaired) electrons. The maximum absolute atomic E-state index is 12.1. The number of ether oxygens (including phenoxy) is 1. The second kappa shape index (κ2) is 8.77. The Labute approximate surface area is 142 Å². The fourth-order valence-electron chi connectivity index (χ4n) is 2.82. The van der Waals surface area contributed by atoms with Gasteiger partial charge in [-0.25, -0.2) is 4.79 Å². The summed E-state index contributed by atoms with van der Waals surface area (Å²) in [7, 11) is 1.70. The normalized spacial score (nSPS) is 17.7. The third-order valence-corrected chi connectivity index (χ3v) is 4.29. The number of alkyl halides is 1. The van der Waals surface area contributed by atoms with Gasteiger partial charge in [0.1, 0.15) is 12.5 Å². The van der Waals surface area contributed by atoms with Crippen LogP contribution in [0.15, 0.2) is 30.3 Å². The van der Waals surface area contributed by atoms with Gasteiger partial charge in [0, 0.05) is 26.2 Å². The highest BCUT2D eigenvalue weighted by atomic mass is 35.5. The van der Waals surface area contributed by atoms with E-state index in [1.807, 2.05) is 30.3 Å². The molecule has 0 saturated carbocycles. The summed E-state index contributed by atoms with van der Waals surface area (Å²) in [5.74, 6) is -0.0824. The molecule has 1 fully saturated rings. The predicted molar refractivity (Wildman–Crippen MR) is 89.3 cm³/mol. The monoisotopic (exact) mass is 338 g/mol. The summed E-state index contributed by atoms with van der Waals surface area (Å²) in [6.45, 7) is 1.43. The Morgan fingerprint density at radius 2 is 2.04 bits per heavy atom. The first-order chi connectivity index (χ1) is 11.1. The van der Waals surface area contributed by atoms with Crippen LogP contribution in [0.3, 0.4) is 0 Å². The molecule has 126 valence electrons. The smallest absolute Gasteiger partial charge is 0.409 e. The minimum Gasteiger partial charge on any atom is -0.445 e. The molecular formula is C17H23ClN2O3. The lowest BCUT2D eigenvalue weighted by Gasteiger charge is -2.37. The van der Waals surface area contributed by atoms with E-state index >= 15 is 0 Å². The van der Waals surface area contributed by atoms with E-state index in [2.05, 4.69) is 0 Å². The van der Waals surface area contributed by atoms with E-state index in [1.165, 1.54) is 4.90 Å². The van der Waals surface area contributed by atoms with Crippen molar-refractivity contribution in [3.05, 3.63) is 35.9 Å². The first-order valence-electron chi connectivity index (χ1n) is 7.89. The van der Waals surface area contributed by atoms with Gasteiger partial charge in [-0.15, -0.1) is 11.6 Å². The molecule has 1 atom stereocenters. The van der Waals surface area contributed by atoms with Crippen LogP contribution in [-0.4, -0.2) is 53.9 Å². The summed E-state index contributed by atoms with van der Waals surface area (Å²) in [6, 6.07) is 9.58. The van der Waals surface area contributed by atoms with Gasteiger partial charge in [0.2, 0.25) is 5.91 Å². The highest BCUT2D eigenvalue weighted by Gasteiger charge is 2.28. The average molecular weight is 339 g/mol. The number of nitrogens with zero attached hydrogens (tertiary/aromatic N) is 2. The molecule has 1 aromatic carbocycles. The standard InChI is InChI=1S/C17H23ClN2O3/c1-19(17(22)23-13-14-7-3-2-4-8-14)12-15-9-5-6-10-20(15)16(21)11-18/h2-4,7-8,15H,5-6,9-13H2,1H3/t15-/m0/s1. The van der Waals surface area contributed by atoms with Gasteiger partial charge >= 0.3 is 6.09 Å². The van der Waals surface area contributed by atoms with Gasteiger partial charge in [-0.1, -0.05) is 30.3 Å². The fourth-order valence-corrected chi connectivity index (χ4v) is 2.97. The molecule has 23 heavy (non-hydrogen) atoms. The van der Waals surface area contributed by atoms with E-state index in [0.717, 1.165) is 24.8 Å². The number of rotatable bonds is 5. The molecule has 0 aliphatic carbocycles. The number of likely N-dealkylation sites (tertiary alicyclic amines) is 1. The number of halogens is 1. The molecule has 6 heteroatoms. The van der Waals surface area contributed by atoms with Gasteiger partial charge in [0.25, 0.3) is 0 Å². The van der Waals surface area contributed by atoms with Gasteiger partial charge < -0.3 is 14.5 Å². The molecule has 0 spiro atoms. The summed E-state index contributed by atoms with van der Waals surface area (Å²) >= 11 is 5.67. The third-order valence-electron chi connectivity index (χ3n) is 4.06. The van der Waals surface area contributed by atoms with Crippen molar-refractivity contribution in [1.29, 1.82) is 0 Å². The molecule has 1 aliphatic heterocycles. The van der Waals surface area contributed by atoms with Crippen LogP contribution >= 0.6 is 11.6 Å². The molecule has 2 rings (SSSR count). The van der Waals surface area contributed by atoms with Gasteiger partial charge in [0.05, 0.1) is 0 Å². The summed E-state index contributed by atoms with van der Waals surface area (Å²) in [4.78, 5) is 27.3. The SMILES string of the molecule is CN(C[C@@H]1CCCCN1C(=O)CCl)C(=O)OCc1ccccc1. The number of piperidine rings is 1. The Morgan fingerprint density at radius 3 is 2.74 bits per heavy atom. The second-order valence-corrected chi connectivity index (χ2v) is 6.06. The lowest BCUT2D eigenvalue weighted by Crippen LogP contribution is -2.50. The number of benzene rings is 1. The predicted octanol–water partition coefficient (Wildman–Crippen LogP) is 2.87. The first kappa shape index (κ1) is 17.6. The molecule has 2 amide bonds. The van der Waals surface area contributed by atoms with Crippen molar-refractivity contribution >= 4 is 23.6 Å². The van der Waals surface area contributed by atoms with Crippen LogP contribution < -0.4 is 0 Å². The number of likely N-dealkylation sites (N-methyl/N-ethyl adjacent to an activating group) is 1. The Kier molecular flexibility index (Phi) is 6.71. The van der Waals surface area contributed by atoms with E-state index in [4.69, 9.17) is 16.3 Å². The Morgan fingerprint density at radius 1 is 1.30 bits per heavy atom. The lowest BCUT2D eigenvalue weighted by molar-refractivity contribution is -0.132. The van der Waals surface area contributed by atoms with Crippen molar-refractivity contribution in [3.8, 4) is 0 Å². The molecule has 1 saturated heterocycles. The van der Waals surface area contributed by atoms with Crippen molar-refractivity contribution in [2.75, 3.05) is 26.0 Å². The number of hydrogen-bond donors (Lipinski definition) is 0. The Bertz CT molecular complexity index is 524. The van der Waals surface area contributed by atoms with E-state index in [1.54, 1.807) is 11.9 Å². The number of hydrogen-bond acceptors (Lipinski definition) is 3. The highest BCUT2D eigenvalue weighted by Crippen LogP contribution is 2.18. The van der Waals surface area contributed by atoms with Crippen molar-refractivity contribution in [2.45, 2.75) is 31.9 Å². The maximum Gasteiger partial charge on any atom is 0.409 e. The lowest BCUT2D eigenvalue weighted by atomic mass is 10.0. The molecule has 5 nitrogen and oxygen atoms in total. The van der Waals surface area contributed by atoms with Crippen molar-refractivity contribution < 1.29 is 14.3 Å². The van der Waals surface area contributed by atoms with E-state index < -0.39 is 0 Å².